The van der Waals surface area contributed by atoms with Crippen molar-refractivity contribution in [2.24, 2.45) is 4.99 Å². The number of rotatable bonds is 2. The second kappa shape index (κ2) is 5.64. The molecule has 1 N–H and O–H groups in total. The Hall–Kier alpha value is -1.38. The van der Waals surface area contributed by atoms with Gasteiger partial charge in [0.05, 0.1) is 5.84 Å². The molecule has 0 fully saturated rings. The van der Waals surface area contributed by atoms with E-state index in [1.54, 1.807) is 12.1 Å². The van der Waals surface area contributed by atoms with Crippen molar-refractivity contribution in [2.75, 3.05) is 6.54 Å². The van der Waals surface area contributed by atoms with Crippen LogP contribution in [-0.2, 0) is 6.54 Å². The molecule has 1 aliphatic heterocycles. The Morgan fingerprint density at radius 1 is 1.19 bits per heavy atom. The summed E-state index contributed by atoms with van der Waals surface area (Å²) < 4.78 is 13.3. The van der Waals surface area contributed by atoms with E-state index in [1.165, 1.54) is 25.3 Å². The fraction of sp³-hybridized carbons (Fsp3) is 0.462. The molecule has 0 amide bonds. The minimum absolute atomic E-state index is 0.149. The normalized spacial score (nSPS) is 16.4. The number of nitrogens with zero attached hydrogens (tertiary/aromatic N) is 1. The van der Waals surface area contributed by atoms with Crippen LogP contribution < -0.4 is 5.32 Å². The van der Waals surface area contributed by atoms with Gasteiger partial charge in [0.2, 0.25) is 0 Å². The first-order valence-corrected chi connectivity index (χ1v) is 5.87. The maximum absolute atomic E-state index is 13.3. The van der Waals surface area contributed by atoms with Crippen molar-refractivity contribution in [1.82, 2.24) is 5.32 Å². The van der Waals surface area contributed by atoms with Crippen molar-refractivity contribution in [3.05, 3.63) is 35.6 Å². The highest BCUT2D eigenvalue weighted by Gasteiger charge is 2.05. The Bertz CT molecular complexity index is 374. The summed E-state index contributed by atoms with van der Waals surface area (Å²) in [6.07, 6.45) is 4.59. The fourth-order valence-electron chi connectivity index (χ4n) is 1.86. The standard InChI is InChI=1S/C13H17FN2/c14-12-7-4-3-6-11(12)10-16-13-8-2-1-5-9-15-13/h3-4,6-7H,1-2,5,8-10H2,(H,15,16). The van der Waals surface area contributed by atoms with Gasteiger partial charge in [-0.1, -0.05) is 24.6 Å². The van der Waals surface area contributed by atoms with Gasteiger partial charge in [-0.25, -0.2) is 4.39 Å². The van der Waals surface area contributed by atoms with Crippen LogP contribution in [0, 0.1) is 5.82 Å². The monoisotopic (exact) mass is 220 g/mol. The lowest BCUT2D eigenvalue weighted by atomic mass is 10.2. The van der Waals surface area contributed by atoms with Gasteiger partial charge < -0.3 is 5.32 Å². The number of hydrogen-bond acceptors (Lipinski definition) is 2. The zero-order valence-corrected chi connectivity index (χ0v) is 9.38. The van der Waals surface area contributed by atoms with Gasteiger partial charge in [0.1, 0.15) is 5.82 Å². The first-order valence-electron chi connectivity index (χ1n) is 5.87. The van der Waals surface area contributed by atoms with Gasteiger partial charge >= 0.3 is 0 Å². The van der Waals surface area contributed by atoms with Gasteiger partial charge in [0.25, 0.3) is 0 Å². The third kappa shape index (κ3) is 3.05. The number of nitrogens with one attached hydrogen (secondary N) is 1. The van der Waals surface area contributed by atoms with Crippen molar-refractivity contribution in [2.45, 2.75) is 32.2 Å². The van der Waals surface area contributed by atoms with E-state index >= 15 is 0 Å². The smallest absolute Gasteiger partial charge is 0.128 e. The third-order valence-corrected chi connectivity index (χ3v) is 2.82. The first-order chi connectivity index (χ1) is 7.86. The molecule has 0 saturated carbocycles. The summed E-state index contributed by atoms with van der Waals surface area (Å²) in [5.74, 6) is 0.880. The van der Waals surface area contributed by atoms with Crippen molar-refractivity contribution >= 4 is 5.84 Å². The van der Waals surface area contributed by atoms with Crippen LogP contribution in [0.15, 0.2) is 29.3 Å². The summed E-state index contributed by atoms with van der Waals surface area (Å²) >= 11 is 0. The largest absolute Gasteiger partial charge is 0.370 e. The highest BCUT2D eigenvalue weighted by molar-refractivity contribution is 5.82. The van der Waals surface area contributed by atoms with E-state index in [4.69, 9.17) is 0 Å². The highest BCUT2D eigenvalue weighted by Crippen LogP contribution is 2.08. The Kier molecular flexibility index (Phi) is 3.91. The lowest BCUT2D eigenvalue weighted by Gasteiger charge is -2.08. The van der Waals surface area contributed by atoms with Crippen LogP contribution in [0.3, 0.4) is 0 Å². The summed E-state index contributed by atoms with van der Waals surface area (Å²) in [6.45, 7) is 1.44. The zero-order valence-electron chi connectivity index (χ0n) is 9.38. The Morgan fingerprint density at radius 2 is 2.06 bits per heavy atom. The molecule has 1 aliphatic rings. The van der Waals surface area contributed by atoms with E-state index in [-0.39, 0.29) is 5.82 Å². The van der Waals surface area contributed by atoms with E-state index in [1.807, 2.05) is 6.07 Å². The van der Waals surface area contributed by atoms with Crippen LogP contribution in [0.25, 0.3) is 0 Å². The van der Waals surface area contributed by atoms with E-state index in [0.29, 0.717) is 12.1 Å². The number of hydrogen-bond donors (Lipinski definition) is 1. The molecule has 0 bridgehead atoms. The van der Waals surface area contributed by atoms with Crippen LogP contribution in [0.4, 0.5) is 4.39 Å². The molecular formula is C13H17FN2. The van der Waals surface area contributed by atoms with E-state index < -0.39 is 0 Å². The second-order valence-electron chi connectivity index (χ2n) is 4.08. The van der Waals surface area contributed by atoms with E-state index in [2.05, 4.69) is 10.3 Å². The fourth-order valence-corrected chi connectivity index (χ4v) is 1.86. The molecule has 16 heavy (non-hydrogen) atoms. The molecule has 1 aromatic carbocycles. The average Bonchev–Trinajstić information content (AvgIpc) is 2.56. The summed E-state index contributed by atoms with van der Waals surface area (Å²) in [6, 6.07) is 6.86. The SMILES string of the molecule is Fc1ccccc1CNC1=NCCCCC1. The van der Waals surface area contributed by atoms with Crippen LogP contribution in [0.1, 0.15) is 31.2 Å². The Balaban J connectivity index is 1.91. The van der Waals surface area contributed by atoms with Gasteiger partial charge in [0, 0.05) is 25.1 Å². The van der Waals surface area contributed by atoms with Gasteiger partial charge in [-0.2, -0.15) is 0 Å². The number of halogens is 1. The molecule has 2 rings (SSSR count). The molecule has 3 heteroatoms. The van der Waals surface area contributed by atoms with Crippen molar-refractivity contribution in [3.8, 4) is 0 Å². The molecule has 0 saturated heterocycles. The summed E-state index contributed by atoms with van der Waals surface area (Å²) in [5, 5.41) is 3.23. The van der Waals surface area contributed by atoms with Crippen LogP contribution in [-0.4, -0.2) is 12.4 Å². The zero-order chi connectivity index (χ0) is 11.2. The molecule has 0 radical (unpaired) electrons. The van der Waals surface area contributed by atoms with Gasteiger partial charge in [0.15, 0.2) is 0 Å². The van der Waals surface area contributed by atoms with Crippen molar-refractivity contribution in [3.63, 3.8) is 0 Å². The molecule has 0 aromatic heterocycles. The molecule has 0 aliphatic carbocycles. The van der Waals surface area contributed by atoms with E-state index in [9.17, 15) is 4.39 Å². The number of benzene rings is 1. The first kappa shape index (κ1) is 11.1. The van der Waals surface area contributed by atoms with Crippen LogP contribution in [0.5, 0.6) is 0 Å². The predicted molar refractivity (Wildman–Crippen MR) is 64.0 cm³/mol. The maximum atomic E-state index is 13.3. The third-order valence-electron chi connectivity index (χ3n) is 2.82. The maximum Gasteiger partial charge on any atom is 0.128 e. The molecule has 1 heterocycles. The average molecular weight is 220 g/mol. The lowest BCUT2D eigenvalue weighted by molar-refractivity contribution is 0.605. The molecular weight excluding hydrogens is 203 g/mol. The van der Waals surface area contributed by atoms with Gasteiger partial charge in [-0.15, -0.1) is 0 Å². The Morgan fingerprint density at radius 3 is 2.94 bits per heavy atom. The van der Waals surface area contributed by atoms with E-state index in [0.717, 1.165) is 18.8 Å². The minimum Gasteiger partial charge on any atom is -0.370 e. The number of aliphatic imine (C=N–C) groups is 1. The Labute approximate surface area is 95.6 Å². The molecule has 0 spiro atoms. The second-order valence-corrected chi connectivity index (χ2v) is 4.08. The number of amidine groups is 1. The molecule has 0 atom stereocenters. The topological polar surface area (TPSA) is 24.4 Å². The molecule has 1 aromatic rings. The quantitative estimate of drug-likeness (QED) is 0.814. The summed E-state index contributed by atoms with van der Waals surface area (Å²) in [4.78, 5) is 4.45. The minimum atomic E-state index is -0.149. The van der Waals surface area contributed by atoms with Crippen LogP contribution >= 0.6 is 0 Å². The van der Waals surface area contributed by atoms with Gasteiger partial charge in [-0.05, 0) is 18.9 Å². The lowest BCUT2D eigenvalue weighted by Crippen LogP contribution is -2.23. The molecule has 2 nitrogen and oxygen atoms in total. The van der Waals surface area contributed by atoms with Crippen molar-refractivity contribution < 1.29 is 4.39 Å². The van der Waals surface area contributed by atoms with Crippen molar-refractivity contribution in [1.29, 1.82) is 0 Å². The van der Waals surface area contributed by atoms with Crippen LogP contribution in [0.2, 0.25) is 0 Å². The summed E-state index contributed by atoms with van der Waals surface area (Å²) in [7, 11) is 0. The predicted octanol–water partition coefficient (Wildman–Crippen LogP) is 2.89. The highest BCUT2D eigenvalue weighted by atomic mass is 19.1. The molecule has 86 valence electrons. The molecule has 0 unspecified atom stereocenters. The van der Waals surface area contributed by atoms with Gasteiger partial charge in [-0.3, -0.25) is 4.99 Å². The summed E-state index contributed by atoms with van der Waals surface area (Å²) in [5.41, 5.74) is 0.703.